The van der Waals surface area contributed by atoms with Gasteiger partial charge in [-0.05, 0) is 18.6 Å². The van der Waals surface area contributed by atoms with Gasteiger partial charge < -0.3 is 10.6 Å². The highest BCUT2D eigenvalue weighted by Crippen LogP contribution is 2.16. The zero-order valence-electron chi connectivity index (χ0n) is 10.6. The van der Waals surface area contributed by atoms with Crippen LogP contribution in [0.3, 0.4) is 0 Å². The van der Waals surface area contributed by atoms with Crippen LogP contribution in [-0.2, 0) is 22.6 Å². The number of hydrogen-bond donors (Lipinski definition) is 2. The van der Waals surface area contributed by atoms with Crippen LogP contribution < -0.4 is 10.6 Å². The molecule has 102 valence electrons. The van der Waals surface area contributed by atoms with Crippen LogP contribution in [0.15, 0.2) is 12.1 Å². The van der Waals surface area contributed by atoms with Crippen LogP contribution in [0, 0.1) is 0 Å². The summed E-state index contributed by atoms with van der Waals surface area (Å²) in [6.07, 6.45) is 0.973. The second-order valence-electron chi connectivity index (χ2n) is 4.14. The highest BCUT2D eigenvalue weighted by atomic mass is 32.1. The molecule has 1 aliphatic rings. The summed E-state index contributed by atoms with van der Waals surface area (Å²) in [4.78, 5) is 37.5. The highest BCUT2D eigenvalue weighted by molar-refractivity contribution is 7.11. The Hall–Kier alpha value is -1.89. The number of carbonyl (C=O) groups excluding carboxylic acids is 3. The van der Waals surface area contributed by atoms with E-state index in [2.05, 4.69) is 17.6 Å². The summed E-state index contributed by atoms with van der Waals surface area (Å²) in [5.74, 6) is -0.707. The monoisotopic (exact) mass is 281 g/mol. The first-order chi connectivity index (χ1) is 9.10. The van der Waals surface area contributed by atoms with Crippen LogP contribution in [0.1, 0.15) is 16.7 Å². The quantitative estimate of drug-likeness (QED) is 0.770. The number of urea groups is 1. The van der Waals surface area contributed by atoms with E-state index in [1.807, 2.05) is 12.1 Å². The van der Waals surface area contributed by atoms with Crippen LogP contribution in [0.5, 0.6) is 0 Å². The standard InChI is InChI=1S/C12H15N3O3S/c1-2-8-3-4-9(19-8)5-13-10(16)7-15-11(17)6-14-12(15)18/h3-4H,2,5-7H2,1H3,(H,13,16)(H,14,18). The Morgan fingerprint density at radius 1 is 1.42 bits per heavy atom. The number of carbonyl (C=O) groups is 3. The molecule has 0 unspecified atom stereocenters. The van der Waals surface area contributed by atoms with Crippen molar-refractivity contribution >= 4 is 29.2 Å². The molecule has 2 N–H and O–H groups in total. The molecule has 1 aromatic heterocycles. The summed E-state index contributed by atoms with van der Waals surface area (Å²) in [5.41, 5.74) is 0. The smallest absolute Gasteiger partial charge is 0.325 e. The highest BCUT2D eigenvalue weighted by Gasteiger charge is 2.29. The van der Waals surface area contributed by atoms with Crippen molar-refractivity contribution in [1.29, 1.82) is 0 Å². The third-order valence-corrected chi connectivity index (χ3v) is 3.99. The first-order valence-corrected chi connectivity index (χ1v) is 6.84. The molecule has 4 amide bonds. The van der Waals surface area contributed by atoms with E-state index in [0.29, 0.717) is 6.54 Å². The summed E-state index contributed by atoms with van der Waals surface area (Å²) >= 11 is 1.64. The molecule has 0 radical (unpaired) electrons. The van der Waals surface area contributed by atoms with Crippen LogP contribution in [0.25, 0.3) is 0 Å². The van der Waals surface area contributed by atoms with E-state index in [1.165, 1.54) is 4.88 Å². The van der Waals surface area contributed by atoms with E-state index < -0.39 is 6.03 Å². The molecule has 0 saturated carbocycles. The van der Waals surface area contributed by atoms with Gasteiger partial charge in [-0.2, -0.15) is 0 Å². The Morgan fingerprint density at radius 2 is 2.16 bits per heavy atom. The average molecular weight is 281 g/mol. The Labute approximate surface area is 114 Å². The van der Waals surface area contributed by atoms with Crippen molar-refractivity contribution in [2.24, 2.45) is 0 Å². The molecule has 1 saturated heterocycles. The van der Waals surface area contributed by atoms with Gasteiger partial charge in [-0.1, -0.05) is 6.92 Å². The van der Waals surface area contributed by atoms with E-state index in [1.54, 1.807) is 11.3 Å². The maximum atomic E-state index is 11.7. The number of nitrogens with zero attached hydrogens (tertiary/aromatic N) is 1. The van der Waals surface area contributed by atoms with Crippen molar-refractivity contribution < 1.29 is 14.4 Å². The van der Waals surface area contributed by atoms with E-state index in [4.69, 9.17) is 0 Å². The molecule has 0 aliphatic carbocycles. The van der Waals surface area contributed by atoms with Gasteiger partial charge in [0.1, 0.15) is 6.54 Å². The lowest BCUT2D eigenvalue weighted by Crippen LogP contribution is -2.40. The molecule has 2 rings (SSSR count). The SMILES string of the molecule is CCc1ccc(CNC(=O)CN2C(=O)CNC2=O)s1. The molecule has 0 bridgehead atoms. The molecule has 7 heteroatoms. The molecule has 0 aromatic carbocycles. The summed E-state index contributed by atoms with van der Waals surface area (Å²) < 4.78 is 0. The fourth-order valence-electron chi connectivity index (χ4n) is 1.71. The number of nitrogens with one attached hydrogen (secondary N) is 2. The van der Waals surface area contributed by atoms with E-state index in [9.17, 15) is 14.4 Å². The summed E-state index contributed by atoms with van der Waals surface area (Å²) in [5, 5.41) is 5.07. The van der Waals surface area contributed by atoms with Gasteiger partial charge in [0.15, 0.2) is 0 Å². The molecule has 6 nitrogen and oxygen atoms in total. The van der Waals surface area contributed by atoms with Gasteiger partial charge in [-0.15, -0.1) is 11.3 Å². The minimum absolute atomic E-state index is 0.0309. The van der Waals surface area contributed by atoms with Crippen molar-refractivity contribution in [1.82, 2.24) is 15.5 Å². The molecular weight excluding hydrogens is 266 g/mol. The molecule has 0 spiro atoms. The maximum Gasteiger partial charge on any atom is 0.325 e. The number of thiophene rings is 1. The number of aryl methyl sites for hydroxylation is 1. The van der Waals surface area contributed by atoms with E-state index >= 15 is 0 Å². The van der Waals surface area contributed by atoms with E-state index in [-0.39, 0.29) is 24.9 Å². The zero-order valence-corrected chi connectivity index (χ0v) is 11.4. The first-order valence-electron chi connectivity index (χ1n) is 6.02. The van der Waals surface area contributed by atoms with Gasteiger partial charge in [0.25, 0.3) is 5.91 Å². The molecular formula is C12H15N3O3S. The zero-order chi connectivity index (χ0) is 13.8. The fraction of sp³-hybridized carbons (Fsp3) is 0.417. The Balaban J connectivity index is 1.81. The van der Waals surface area contributed by atoms with Gasteiger partial charge in [0, 0.05) is 9.75 Å². The fourth-order valence-corrected chi connectivity index (χ4v) is 2.61. The molecule has 1 aromatic rings. The maximum absolute atomic E-state index is 11.7. The number of amides is 4. The van der Waals surface area contributed by atoms with Crippen LogP contribution in [0.2, 0.25) is 0 Å². The van der Waals surface area contributed by atoms with Gasteiger partial charge in [-0.25, -0.2) is 4.79 Å². The first kappa shape index (κ1) is 13.5. The normalized spacial score (nSPS) is 14.7. The third-order valence-electron chi connectivity index (χ3n) is 2.76. The molecule has 1 aliphatic heterocycles. The second-order valence-corrected chi connectivity index (χ2v) is 5.39. The predicted octanol–water partition coefficient (Wildman–Crippen LogP) is 0.478. The van der Waals surface area contributed by atoms with E-state index in [0.717, 1.165) is 16.2 Å². The van der Waals surface area contributed by atoms with Crippen molar-refractivity contribution in [3.05, 3.63) is 21.9 Å². The van der Waals surface area contributed by atoms with Crippen LogP contribution in [-0.4, -0.2) is 35.8 Å². The van der Waals surface area contributed by atoms with Crippen molar-refractivity contribution in [3.8, 4) is 0 Å². The van der Waals surface area contributed by atoms with Gasteiger partial charge in [-0.3, -0.25) is 14.5 Å². The number of rotatable bonds is 5. The second kappa shape index (κ2) is 5.83. The van der Waals surface area contributed by atoms with Crippen molar-refractivity contribution in [3.63, 3.8) is 0 Å². The largest absolute Gasteiger partial charge is 0.350 e. The Bertz CT molecular complexity index is 496. The van der Waals surface area contributed by atoms with Gasteiger partial charge in [0.05, 0.1) is 13.1 Å². The van der Waals surface area contributed by atoms with Crippen molar-refractivity contribution in [2.45, 2.75) is 19.9 Å². The van der Waals surface area contributed by atoms with Crippen molar-refractivity contribution in [2.75, 3.05) is 13.1 Å². The lowest BCUT2D eigenvalue weighted by atomic mass is 10.3. The molecule has 1 fully saturated rings. The number of hydrogen-bond acceptors (Lipinski definition) is 4. The lowest BCUT2D eigenvalue weighted by Gasteiger charge is -2.11. The summed E-state index contributed by atoms with van der Waals surface area (Å²) in [7, 11) is 0. The molecule has 2 heterocycles. The van der Waals surface area contributed by atoms with Crippen LogP contribution in [0.4, 0.5) is 4.79 Å². The molecule has 19 heavy (non-hydrogen) atoms. The minimum atomic E-state index is -0.510. The average Bonchev–Trinajstić information content (AvgIpc) is 2.98. The Morgan fingerprint density at radius 3 is 2.74 bits per heavy atom. The van der Waals surface area contributed by atoms with Crippen LogP contribution >= 0.6 is 11.3 Å². The third kappa shape index (κ3) is 3.31. The minimum Gasteiger partial charge on any atom is -0.350 e. The topological polar surface area (TPSA) is 78.5 Å². The lowest BCUT2D eigenvalue weighted by molar-refractivity contribution is -0.130. The van der Waals surface area contributed by atoms with Gasteiger partial charge in [0.2, 0.25) is 5.91 Å². The summed E-state index contributed by atoms with van der Waals surface area (Å²) in [6, 6.07) is 3.49. The predicted molar refractivity (Wildman–Crippen MR) is 70.7 cm³/mol. The summed E-state index contributed by atoms with van der Waals surface area (Å²) in [6.45, 7) is 2.24. The van der Waals surface area contributed by atoms with Gasteiger partial charge >= 0.3 is 6.03 Å². The molecule has 0 atom stereocenters. The number of imide groups is 1. The Kier molecular flexibility index (Phi) is 4.16.